The van der Waals surface area contributed by atoms with Crippen molar-refractivity contribution < 1.29 is 5.11 Å². The van der Waals surface area contributed by atoms with Crippen LogP contribution >= 0.6 is 0 Å². The molecule has 0 atom stereocenters. The maximum absolute atomic E-state index is 9.17. The summed E-state index contributed by atoms with van der Waals surface area (Å²) in [5.41, 5.74) is 1.90. The zero-order valence-corrected chi connectivity index (χ0v) is 6.54. The quantitative estimate of drug-likeness (QED) is 0.659. The number of aromatic hydroxyl groups is 1. The lowest BCUT2D eigenvalue weighted by molar-refractivity contribution is 0.476. The fourth-order valence-corrected chi connectivity index (χ4v) is 1.25. The lowest BCUT2D eigenvalue weighted by Crippen LogP contribution is -1.68. The van der Waals surface area contributed by atoms with Crippen LogP contribution in [-0.2, 0) is 0 Å². The fraction of sp³-hybridized carbons (Fsp3) is 0. The van der Waals surface area contributed by atoms with E-state index >= 15 is 0 Å². The van der Waals surface area contributed by atoms with E-state index in [1.165, 1.54) is 0 Å². The summed E-state index contributed by atoms with van der Waals surface area (Å²) in [6, 6.07) is 7.22. The highest BCUT2D eigenvalue weighted by Gasteiger charge is 1.97. The average Bonchev–Trinajstić information content (AvgIpc) is 2.46. The van der Waals surface area contributed by atoms with Gasteiger partial charge in [-0.2, -0.15) is 0 Å². The second-order valence-corrected chi connectivity index (χ2v) is 2.70. The topological polar surface area (TPSA) is 36.0 Å². The predicted molar refractivity (Wildman–Crippen MR) is 50.1 cm³/mol. The molecule has 2 N–H and O–H groups in total. The smallest absolute Gasteiger partial charge is 0.117 e. The molecule has 2 rings (SSSR count). The maximum atomic E-state index is 9.17. The first kappa shape index (κ1) is 6.98. The number of hydrogen-bond donors (Lipinski definition) is 2. The van der Waals surface area contributed by atoms with Gasteiger partial charge in [0, 0.05) is 22.7 Å². The van der Waals surface area contributed by atoms with Gasteiger partial charge in [-0.15, -0.1) is 0 Å². The van der Waals surface area contributed by atoms with Gasteiger partial charge >= 0.3 is 0 Å². The number of aromatic amines is 1. The van der Waals surface area contributed by atoms with Crippen molar-refractivity contribution >= 4 is 17.0 Å². The Bertz CT molecular complexity index is 428. The van der Waals surface area contributed by atoms with Crippen LogP contribution in [0.3, 0.4) is 0 Å². The Hall–Kier alpha value is -1.70. The molecule has 0 spiro atoms. The third kappa shape index (κ3) is 0.975. The molecule has 0 fully saturated rings. The Kier molecular flexibility index (Phi) is 1.40. The minimum atomic E-state index is 0.278. The van der Waals surface area contributed by atoms with E-state index in [1.807, 2.05) is 12.1 Å². The van der Waals surface area contributed by atoms with E-state index in [1.54, 1.807) is 18.2 Å². The van der Waals surface area contributed by atoms with Crippen molar-refractivity contribution in [3.05, 3.63) is 36.5 Å². The van der Waals surface area contributed by atoms with Gasteiger partial charge in [-0.1, -0.05) is 6.58 Å². The molecule has 1 heterocycles. The third-order valence-electron chi connectivity index (χ3n) is 1.85. The number of aromatic nitrogens is 1. The van der Waals surface area contributed by atoms with E-state index in [2.05, 4.69) is 11.6 Å². The van der Waals surface area contributed by atoms with Gasteiger partial charge in [-0.3, -0.25) is 0 Å². The summed E-state index contributed by atoms with van der Waals surface area (Å²) >= 11 is 0. The number of phenols is 1. The van der Waals surface area contributed by atoms with Crippen LogP contribution in [0.15, 0.2) is 30.8 Å². The standard InChI is InChI=1S/C10H9NO/c1-2-8-5-7-3-4-9(12)6-10(7)11-8/h2-6,11-12H,1H2. The van der Waals surface area contributed by atoms with E-state index in [-0.39, 0.29) is 5.75 Å². The first-order valence-corrected chi connectivity index (χ1v) is 3.74. The molecule has 0 amide bonds. The summed E-state index contributed by atoms with van der Waals surface area (Å²) in [5.74, 6) is 0.278. The second-order valence-electron chi connectivity index (χ2n) is 2.70. The highest BCUT2D eigenvalue weighted by Crippen LogP contribution is 2.20. The Labute approximate surface area is 70.2 Å². The molecule has 0 saturated heterocycles. The molecule has 0 bridgehead atoms. The number of H-pyrrole nitrogens is 1. The van der Waals surface area contributed by atoms with Gasteiger partial charge in [0.25, 0.3) is 0 Å². The van der Waals surface area contributed by atoms with Crippen molar-refractivity contribution in [2.45, 2.75) is 0 Å². The average molecular weight is 159 g/mol. The molecule has 2 heteroatoms. The van der Waals surface area contributed by atoms with E-state index in [0.29, 0.717) is 0 Å². The molecule has 0 aliphatic heterocycles. The molecule has 0 saturated carbocycles. The highest BCUT2D eigenvalue weighted by atomic mass is 16.3. The summed E-state index contributed by atoms with van der Waals surface area (Å²) in [6.07, 6.45) is 1.75. The largest absolute Gasteiger partial charge is 0.508 e. The van der Waals surface area contributed by atoms with E-state index in [0.717, 1.165) is 16.6 Å². The SMILES string of the molecule is C=Cc1cc2ccc(O)cc2[nH]1. The first-order chi connectivity index (χ1) is 5.79. The van der Waals surface area contributed by atoms with Crippen LogP contribution < -0.4 is 0 Å². The third-order valence-corrected chi connectivity index (χ3v) is 1.85. The minimum absolute atomic E-state index is 0.278. The van der Waals surface area contributed by atoms with Crippen molar-refractivity contribution in [2.24, 2.45) is 0 Å². The van der Waals surface area contributed by atoms with Crippen LogP contribution in [0, 0.1) is 0 Å². The second kappa shape index (κ2) is 2.41. The van der Waals surface area contributed by atoms with Crippen LogP contribution in [0.5, 0.6) is 5.75 Å². The molecular weight excluding hydrogens is 150 g/mol. The summed E-state index contributed by atoms with van der Waals surface area (Å²) < 4.78 is 0. The van der Waals surface area contributed by atoms with E-state index < -0.39 is 0 Å². The van der Waals surface area contributed by atoms with Crippen LogP contribution in [0.2, 0.25) is 0 Å². The lowest BCUT2D eigenvalue weighted by Gasteiger charge is -1.89. The Morgan fingerprint density at radius 1 is 1.33 bits per heavy atom. The van der Waals surface area contributed by atoms with Gasteiger partial charge in [0.15, 0.2) is 0 Å². The molecule has 2 aromatic rings. The molecule has 12 heavy (non-hydrogen) atoms. The normalized spacial score (nSPS) is 10.3. The zero-order chi connectivity index (χ0) is 8.55. The molecular formula is C10H9NO. The number of nitrogens with one attached hydrogen (secondary N) is 1. The van der Waals surface area contributed by atoms with Gasteiger partial charge in [0.2, 0.25) is 0 Å². The number of hydrogen-bond acceptors (Lipinski definition) is 1. The number of rotatable bonds is 1. The first-order valence-electron chi connectivity index (χ1n) is 3.74. The van der Waals surface area contributed by atoms with E-state index in [9.17, 15) is 0 Å². The molecule has 0 aliphatic rings. The molecule has 1 aromatic heterocycles. The molecule has 0 aliphatic carbocycles. The van der Waals surface area contributed by atoms with Gasteiger partial charge in [0.1, 0.15) is 5.75 Å². The Morgan fingerprint density at radius 3 is 2.92 bits per heavy atom. The number of phenolic OH excluding ortho intramolecular Hbond substituents is 1. The summed E-state index contributed by atoms with van der Waals surface area (Å²) in [6.45, 7) is 3.65. The Morgan fingerprint density at radius 2 is 2.17 bits per heavy atom. The summed E-state index contributed by atoms with van der Waals surface area (Å²) in [4.78, 5) is 3.11. The van der Waals surface area contributed by atoms with Crippen molar-refractivity contribution in [1.29, 1.82) is 0 Å². The maximum Gasteiger partial charge on any atom is 0.117 e. The highest BCUT2D eigenvalue weighted by molar-refractivity contribution is 5.83. The summed E-state index contributed by atoms with van der Waals surface area (Å²) in [5, 5.41) is 10.3. The molecule has 60 valence electrons. The minimum Gasteiger partial charge on any atom is -0.508 e. The van der Waals surface area contributed by atoms with Gasteiger partial charge < -0.3 is 10.1 Å². The lowest BCUT2D eigenvalue weighted by atomic mass is 10.2. The van der Waals surface area contributed by atoms with Gasteiger partial charge in [-0.05, 0) is 24.3 Å². The predicted octanol–water partition coefficient (Wildman–Crippen LogP) is 2.52. The van der Waals surface area contributed by atoms with Crippen LogP contribution in [-0.4, -0.2) is 10.1 Å². The van der Waals surface area contributed by atoms with Crippen molar-refractivity contribution in [3.8, 4) is 5.75 Å². The molecule has 0 unspecified atom stereocenters. The molecule has 0 radical (unpaired) electrons. The monoisotopic (exact) mass is 159 g/mol. The van der Waals surface area contributed by atoms with Crippen molar-refractivity contribution in [3.63, 3.8) is 0 Å². The van der Waals surface area contributed by atoms with Crippen molar-refractivity contribution in [2.75, 3.05) is 0 Å². The molecule has 2 nitrogen and oxygen atoms in total. The summed E-state index contributed by atoms with van der Waals surface area (Å²) in [7, 11) is 0. The van der Waals surface area contributed by atoms with Crippen molar-refractivity contribution in [1.82, 2.24) is 4.98 Å². The van der Waals surface area contributed by atoms with E-state index in [4.69, 9.17) is 5.11 Å². The van der Waals surface area contributed by atoms with Gasteiger partial charge in [-0.25, -0.2) is 0 Å². The van der Waals surface area contributed by atoms with Gasteiger partial charge in [0.05, 0.1) is 0 Å². The molecule has 1 aromatic carbocycles. The van der Waals surface area contributed by atoms with Crippen LogP contribution in [0.4, 0.5) is 0 Å². The van der Waals surface area contributed by atoms with Crippen LogP contribution in [0.1, 0.15) is 5.69 Å². The number of fused-ring (bicyclic) bond motifs is 1. The van der Waals surface area contributed by atoms with Crippen LogP contribution in [0.25, 0.3) is 17.0 Å². The Balaban J connectivity index is 2.75. The number of benzene rings is 1. The fourth-order valence-electron chi connectivity index (χ4n) is 1.25. The zero-order valence-electron chi connectivity index (χ0n) is 6.54.